The fraction of sp³-hybridized carbons (Fsp3) is 0.143. The van der Waals surface area contributed by atoms with Crippen molar-refractivity contribution in [2.45, 2.75) is 19.4 Å². The number of rotatable bonds is 5. The van der Waals surface area contributed by atoms with E-state index >= 15 is 0 Å². The van der Waals surface area contributed by atoms with E-state index in [1.165, 1.54) is 30.4 Å². The molecule has 0 aliphatic heterocycles. The van der Waals surface area contributed by atoms with Crippen LogP contribution in [0.1, 0.15) is 24.3 Å². The van der Waals surface area contributed by atoms with Crippen LogP contribution in [0.15, 0.2) is 65.0 Å². The molecule has 0 bridgehead atoms. The van der Waals surface area contributed by atoms with Gasteiger partial charge in [-0.15, -0.1) is 11.3 Å². The summed E-state index contributed by atoms with van der Waals surface area (Å²) in [7, 11) is 0. The largest absolute Gasteiger partial charge is 0.504 e. The fourth-order valence-corrected chi connectivity index (χ4v) is 4.17. The molecule has 2 aromatic carbocycles. The van der Waals surface area contributed by atoms with Gasteiger partial charge in [-0.25, -0.2) is 4.99 Å². The smallest absolute Gasteiger partial charge is 0.179 e. The number of hydrogen-bond acceptors (Lipinski definition) is 5. The molecule has 0 fully saturated rings. The second-order valence-corrected chi connectivity index (χ2v) is 7.20. The second kappa shape index (κ2) is 7.25. The average Bonchev–Trinajstić information content (AvgIpc) is 3.12. The van der Waals surface area contributed by atoms with Gasteiger partial charge in [0, 0.05) is 4.88 Å². The fourth-order valence-electron chi connectivity index (χ4n) is 3.04. The van der Waals surface area contributed by atoms with E-state index in [9.17, 15) is 15.0 Å². The summed E-state index contributed by atoms with van der Waals surface area (Å²) < 4.78 is 0. The normalized spacial score (nSPS) is 13.9. The van der Waals surface area contributed by atoms with Crippen molar-refractivity contribution in [2.24, 2.45) is 10.7 Å². The number of aliphatic imine (C=N–C) groups is 1. The molecule has 3 rings (SSSR count). The minimum atomic E-state index is -1.22. The molecule has 1 aromatic heterocycles. The Labute approximate surface area is 161 Å². The van der Waals surface area contributed by atoms with Gasteiger partial charge in [-0.1, -0.05) is 36.4 Å². The van der Waals surface area contributed by atoms with E-state index in [1.54, 1.807) is 13.0 Å². The van der Waals surface area contributed by atoms with Crippen molar-refractivity contribution >= 4 is 23.0 Å². The quantitative estimate of drug-likeness (QED) is 0.354. The highest BCUT2D eigenvalue weighted by Gasteiger charge is 2.40. The maximum absolute atomic E-state index is 12.8. The lowest BCUT2D eigenvalue weighted by Gasteiger charge is -2.27. The predicted molar refractivity (Wildman–Crippen MR) is 108 cm³/mol. The van der Waals surface area contributed by atoms with E-state index in [1.807, 2.05) is 41.8 Å². The third-order valence-corrected chi connectivity index (χ3v) is 5.35. The summed E-state index contributed by atoms with van der Waals surface area (Å²) in [5.74, 6) is -0.205. The molecular weight excluding hydrogens is 360 g/mol. The molecule has 0 aliphatic carbocycles. The van der Waals surface area contributed by atoms with Gasteiger partial charge in [0.1, 0.15) is 0 Å². The summed E-state index contributed by atoms with van der Waals surface area (Å²) in [6.07, 6.45) is 0. The van der Waals surface area contributed by atoms with E-state index < -0.39 is 5.54 Å². The number of nitrogens with zero attached hydrogens (tertiary/aromatic N) is 1. The highest BCUT2D eigenvalue weighted by atomic mass is 32.1. The number of hydrogen-bond donors (Lipinski definition) is 3. The Morgan fingerprint density at radius 2 is 1.70 bits per heavy atom. The predicted octanol–water partition coefficient (Wildman–Crippen LogP) is 4.04. The molecule has 3 aromatic rings. The highest BCUT2D eigenvalue weighted by Crippen LogP contribution is 2.41. The Kier molecular flexibility index (Phi) is 5.01. The van der Waals surface area contributed by atoms with Crippen LogP contribution in [-0.2, 0) is 10.3 Å². The molecule has 0 amide bonds. The highest BCUT2D eigenvalue weighted by molar-refractivity contribution is 7.10. The van der Waals surface area contributed by atoms with Crippen molar-refractivity contribution in [2.75, 3.05) is 0 Å². The Morgan fingerprint density at radius 1 is 1.00 bits per heavy atom. The maximum atomic E-state index is 12.8. The monoisotopic (exact) mass is 380 g/mol. The van der Waals surface area contributed by atoms with Crippen molar-refractivity contribution in [3.8, 4) is 22.6 Å². The first kappa shape index (κ1) is 18.7. The molecular formula is C21H20N2O3S. The summed E-state index contributed by atoms with van der Waals surface area (Å²) >= 11 is 1.40. The first-order valence-corrected chi connectivity index (χ1v) is 9.22. The van der Waals surface area contributed by atoms with Crippen LogP contribution in [-0.4, -0.2) is 21.8 Å². The number of nitrogens with two attached hydrogens (primary N) is 1. The van der Waals surface area contributed by atoms with Crippen LogP contribution < -0.4 is 5.73 Å². The number of phenolic OH excluding ortho intramolecular Hbond substituents is 2. The van der Waals surface area contributed by atoms with Crippen LogP contribution in [0.4, 0.5) is 0 Å². The summed E-state index contributed by atoms with van der Waals surface area (Å²) in [5, 5.41) is 21.2. The number of carbonyl (C=O) groups is 1. The Hall–Kier alpha value is -3.12. The Balaban J connectivity index is 2.20. The molecule has 1 heterocycles. The summed E-state index contributed by atoms with van der Waals surface area (Å²) in [6, 6.07) is 15.8. The lowest BCUT2D eigenvalue weighted by molar-refractivity contribution is -0.120. The van der Waals surface area contributed by atoms with Crippen molar-refractivity contribution in [3.63, 3.8) is 0 Å². The van der Waals surface area contributed by atoms with Crippen molar-refractivity contribution < 1.29 is 15.0 Å². The third-order valence-electron chi connectivity index (χ3n) is 4.31. The van der Waals surface area contributed by atoms with E-state index in [-0.39, 0.29) is 17.3 Å². The van der Waals surface area contributed by atoms with Crippen LogP contribution in [0.3, 0.4) is 0 Å². The van der Waals surface area contributed by atoms with E-state index in [0.717, 1.165) is 21.6 Å². The molecule has 6 heteroatoms. The Morgan fingerprint density at radius 3 is 2.30 bits per heavy atom. The van der Waals surface area contributed by atoms with Gasteiger partial charge < -0.3 is 15.9 Å². The number of Topliss-reactive ketones (excluding diaryl/α,β-unsaturated/α-hetero) is 1. The minimum Gasteiger partial charge on any atom is -0.504 e. The number of benzene rings is 2. The number of amidine groups is 1. The first-order chi connectivity index (χ1) is 12.8. The standard InChI is InChI=1S/C21H20N2O3S/c1-13(24)21(23-14(2)22,17-6-4-3-5-7-17)20-11-16(12-27-20)15-8-9-18(25)19(26)10-15/h3-12,25-26H,1-2H3,(H2,22,23). The van der Waals surface area contributed by atoms with Gasteiger partial charge in [-0.2, -0.15) is 0 Å². The molecule has 0 aliphatic rings. The molecule has 27 heavy (non-hydrogen) atoms. The number of phenols is 2. The molecule has 1 unspecified atom stereocenters. The van der Waals surface area contributed by atoms with Crippen LogP contribution in [0.5, 0.6) is 11.5 Å². The van der Waals surface area contributed by atoms with Crippen molar-refractivity contribution in [1.82, 2.24) is 0 Å². The van der Waals surface area contributed by atoms with Gasteiger partial charge >= 0.3 is 0 Å². The second-order valence-electron chi connectivity index (χ2n) is 6.29. The van der Waals surface area contributed by atoms with Crippen molar-refractivity contribution in [1.29, 1.82) is 0 Å². The molecule has 0 saturated carbocycles. The van der Waals surface area contributed by atoms with Gasteiger partial charge in [-0.05, 0) is 54.1 Å². The topological polar surface area (TPSA) is 95.9 Å². The number of thiophene rings is 1. The molecule has 138 valence electrons. The average molecular weight is 380 g/mol. The van der Waals surface area contributed by atoms with Crippen molar-refractivity contribution in [3.05, 3.63) is 70.4 Å². The zero-order valence-corrected chi connectivity index (χ0v) is 15.8. The molecule has 0 radical (unpaired) electrons. The zero-order valence-electron chi connectivity index (χ0n) is 15.0. The van der Waals surface area contributed by atoms with Gasteiger partial charge in [0.2, 0.25) is 0 Å². The summed E-state index contributed by atoms with van der Waals surface area (Å²) in [5.41, 5.74) is 6.95. The van der Waals surface area contributed by atoms with Gasteiger partial charge in [0.15, 0.2) is 22.8 Å². The zero-order chi connectivity index (χ0) is 19.6. The van der Waals surface area contributed by atoms with Crippen LogP contribution in [0.2, 0.25) is 0 Å². The van der Waals surface area contributed by atoms with Gasteiger partial charge in [0.05, 0.1) is 5.84 Å². The molecule has 0 saturated heterocycles. The number of carbonyl (C=O) groups excluding carboxylic acids is 1. The lowest BCUT2D eigenvalue weighted by Crippen LogP contribution is -2.34. The number of aromatic hydroxyl groups is 2. The molecule has 5 nitrogen and oxygen atoms in total. The van der Waals surface area contributed by atoms with E-state index in [4.69, 9.17) is 5.73 Å². The lowest BCUT2D eigenvalue weighted by atomic mass is 9.84. The molecule has 4 N–H and O–H groups in total. The maximum Gasteiger partial charge on any atom is 0.179 e. The van der Waals surface area contributed by atoms with Gasteiger partial charge in [0.25, 0.3) is 0 Å². The first-order valence-electron chi connectivity index (χ1n) is 8.34. The SMILES string of the molecule is CC(=O)C(N=C(C)N)(c1ccccc1)c1cc(-c2ccc(O)c(O)c2)cs1. The number of ketones is 1. The van der Waals surface area contributed by atoms with Crippen LogP contribution in [0, 0.1) is 0 Å². The third kappa shape index (κ3) is 3.44. The minimum absolute atomic E-state index is 0.138. The summed E-state index contributed by atoms with van der Waals surface area (Å²) in [4.78, 5) is 18.1. The van der Waals surface area contributed by atoms with E-state index in [2.05, 4.69) is 4.99 Å². The van der Waals surface area contributed by atoms with Crippen LogP contribution in [0.25, 0.3) is 11.1 Å². The summed E-state index contributed by atoms with van der Waals surface area (Å²) in [6.45, 7) is 3.17. The Bertz CT molecular complexity index is 1010. The molecule has 0 spiro atoms. The van der Waals surface area contributed by atoms with Crippen LogP contribution >= 0.6 is 11.3 Å². The molecule has 1 atom stereocenters. The van der Waals surface area contributed by atoms with Gasteiger partial charge in [-0.3, -0.25) is 4.79 Å². The van der Waals surface area contributed by atoms with E-state index in [0.29, 0.717) is 5.84 Å².